The van der Waals surface area contributed by atoms with Crippen molar-refractivity contribution in [1.29, 1.82) is 0 Å². The summed E-state index contributed by atoms with van der Waals surface area (Å²) in [5.74, 6) is -0.308. The van der Waals surface area contributed by atoms with Gasteiger partial charge < -0.3 is 10.3 Å². The van der Waals surface area contributed by atoms with Gasteiger partial charge in [0.25, 0.3) is 0 Å². The van der Waals surface area contributed by atoms with Crippen LogP contribution in [-0.4, -0.2) is 33.2 Å². The molecule has 3 rings (SSSR count). The highest BCUT2D eigenvalue weighted by atomic mass is 32.2. The number of benzene rings is 1. The number of nitrogens with zero attached hydrogens (tertiary/aromatic N) is 1. The normalized spacial score (nSPS) is 15.8. The van der Waals surface area contributed by atoms with Gasteiger partial charge in [-0.3, -0.25) is 10.1 Å². The standard InChI is InChI=1S/C21H28N4O2S/c1-14-18(13-16-9-5-3-6-10-16)24-21(22-14)28-15(2)19(26)25-20(27)23-17-11-7-4-8-12-17/h3,5-6,9-10,15,17H,4,7-8,11-13H2,1-2H3,(H,22,24)(H2,23,25,26,27). The summed E-state index contributed by atoms with van der Waals surface area (Å²) in [6, 6.07) is 9.94. The SMILES string of the molecule is Cc1[nH]c(SC(C)C(=O)NC(=O)NC2CCCCC2)nc1Cc1ccccc1. The van der Waals surface area contributed by atoms with Gasteiger partial charge in [-0.25, -0.2) is 9.78 Å². The van der Waals surface area contributed by atoms with Gasteiger partial charge in [-0.15, -0.1) is 0 Å². The first-order chi connectivity index (χ1) is 13.5. The Hall–Kier alpha value is -2.28. The van der Waals surface area contributed by atoms with Crippen molar-refractivity contribution in [3.63, 3.8) is 0 Å². The van der Waals surface area contributed by atoms with Gasteiger partial charge in [0.15, 0.2) is 5.16 Å². The molecule has 0 saturated heterocycles. The number of hydrogen-bond donors (Lipinski definition) is 3. The third-order valence-electron chi connectivity index (χ3n) is 5.01. The van der Waals surface area contributed by atoms with Crippen LogP contribution in [0.2, 0.25) is 0 Å². The maximum Gasteiger partial charge on any atom is 0.321 e. The second kappa shape index (κ2) is 9.78. The van der Waals surface area contributed by atoms with Crippen LogP contribution in [0.3, 0.4) is 0 Å². The lowest BCUT2D eigenvalue weighted by atomic mass is 9.96. The maximum absolute atomic E-state index is 12.3. The van der Waals surface area contributed by atoms with Gasteiger partial charge >= 0.3 is 6.03 Å². The van der Waals surface area contributed by atoms with Gasteiger partial charge in [0.1, 0.15) is 0 Å². The number of carbonyl (C=O) groups is 2. The fraction of sp³-hybridized carbons (Fsp3) is 0.476. The Bertz CT molecular complexity index is 800. The summed E-state index contributed by atoms with van der Waals surface area (Å²) in [6.07, 6.45) is 6.21. The number of aromatic amines is 1. The van der Waals surface area contributed by atoms with Crippen LogP contribution in [0, 0.1) is 6.92 Å². The summed E-state index contributed by atoms with van der Waals surface area (Å²) < 4.78 is 0. The van der Waals surface area contributed by atoms with E-state index in [1.54, 1.807) is 6.92 Å². The molecule has 0 spiro atoms. The molecule has 150 valence electrons. The molecule has 3 N–H and O–H groups in total. The summed E-state index contributed by atoms with van der Waals surface area (Å²) in [5.41, 5.74) is 3.16. The van der Waals surface area contributed by atoms with E-state index in [2.05, 4.69) is 32.7 Å². The first kappa shape index (κ1) is 20.5. The molecule has 0 radical (unpaired) electrons. The predicted molar refractivity (Wildman–Crippen MR) is 111 cm³/mol. The summed E-state index contributed by atoms with van der Waals surface area (Å²) in [7, 11) is 0. The molecule has 28 heavy (non-hydrogen) atoms. The molecular formula is C21H28N4O2S. The lowest BCUT2D eigenvalue weighted by molar-refractivity contribution is -0.119. The number of carbonyl (C=O) groups excluding carboxylic acids is 2. The first-order valence-corrected chi connectivity index (χ1v) is 10.8. The van der Waals surface area contributed by atoms with Gasteiger partial charge in [0.05, 0.1) is 10.9 Å². The van der Waals surface area contributed by atoms with E-state index in [1.807, 2.05) is 25.1 Å². The van der Waals surface area contributed by atoms with Crippen LogP contribution in [0.1, 0.15) is 56.0 Å². The highest BCUT2D eigenvalue weighted by Crippen LogP contribution is 2.23. The lowest BCUT2D eigenvalue weighted by Gasteiger charge is -2.22. The zero-order valence-electron chi connectivity index (χ0n) is 16.5. The zero-order valence-corrected chi connectivity index (χ0v) is 17.3. The molecule has 2 aromatic rings. The number of amides is 3. The van der Waals surface area contributed by atoms with Crippen molar-refractivity contribution in [3.05, 3.63) is 47.3 Å². The fourth-order valence-electron chi connectivity index (χ4n) is 3.39. The average Bonchev–Trinajstić information content (AvgIpc) is 3.02. The van der Waals surface area contributed by atoms with Crippen molar-refractivity contribution in [2.24, 2.45) is 0 Å². The Labute approximate surface area is 170 Å². The van der Waals surface area contributed by atoms with E-state index in [-0.39, 0.29) is 11.9 Å². The smallest absolute Gasteiger partial charge is 0.321 e. The number of H-pyrrole nitrogens is 1. The minimum absolute atomic E-state index is 0.178. The molecular weight excluding hydrogens is 372 g/mol. The molecule has 0 aliphatic heterocycles. The Balaban J connectivity index is 1.50. The van der Waals surface area contributed by atoms with Gasteiger partial charge in [0, 0.05) is 18.2 Å². The summed E-state index contributed by atoms with van der Waals surface area (Å²) in [4.78, 5) is 32.3. The summed E-state index contributed by atoms with van der Waals surface area (Å²) in [6.45, 7) is 3.76. The van der Waals surface area contributed by atoms with E-state index < -0.39 is 11.3 Å². The molecule has 0 bridgehead atoms. The van der Waals surface area contributed by atoms with Crippen molar-refractivity contribution >= 4 is 23.7 Å². The van der Waals surface area contributed by atoms with E-state index in [0.29, 0.717) is 5.16 Å². The molecule has 1 aromatic heterocycles. The summed E-state index contributed by atoms with van der Waals surface area (Å²) in [5, 5.41) is 5.63. The van der Waals surface area contributed by atoms with E-state index in [4.69, 9.17) is 0 Å². The molecule has 1 aliphatic carbocycles. The number of urea groups is 1. The highest BCUT2D eigenvalue weighted by molar-refractivity contribution is 8.00. The number of hydrogen-bond acceptors (Lipinski definition) is 4. The zero-order chi connectivity index (χ0) is 19.9. The molecule has 1 fully saturated rings. The summed E-state index contributed by atoms with van der Waals surface area (Å²) >= 11 is 1.33. The van der Waals surface area contributed by atoms with E-state index in [0.717, 1.165) is 43.5 Å². The largest absolute Gasteiger partial charge is 0.337 e. The number of thioether (sulfide) groups is 1. The van der Waals surface area contributed by atoms with Gasteiger partial charge in [-0.1, -0.05) is 61.4 Å². The van der Waals surface area contributed by atoms with E-state index in [9.17, 15) is 9.59 Å². The molecule has 1 aliphatic rings. The molecule has 1 saturated carbocycles. The molecule has 1 aromatic carbocycles. The van der Waals surface area contributed by atoms with Crippen LogP contribution < -0.4 is 10.6 Å². The Morgan fingerprint density at radius 1 is 1.21 bits per heavy atom. The molecule has 6 nitrogen and oxygen atoms in total. The van der Waals surface area contributed by atoms with Crippen LogP contribution in [0.25, 0.3) is 0 Å². The van der Waals surface area contributed by atoms with Gasteiger partial charge in [-0.05, 0) is 32.3 Å². The number of rotatable bonds is 6. The number of imide groups is 1. The molecule has 1 atom stereocenters. The van der Waals surface area contributed by atoms with Gasteiger partial charge in [0.2, 0.25) is 5.91 Å². The van der Waals surface area contributed by atoms with E-state index >= 15 is 0 Å². The molecule has 7 heteroatoms. The molecule has 1 heterocycles. The predicted octanol–water partition coefficient (Wildman–Crippen LogP) is 3.95. The number of aromatic nitrogens is 2. The Morgan fingerprint density at radius 2 is 1.93 bits per heavy atom. The minimum Gasteiger partial charge on any atom is -0.337 e. The monoisotopic (exact) mass is 400 g/mol. The van der Waals surface area contributed by atoms with Crippen LogP contribution >= 0.6 is 11.8 Å². The maximum atomic E-state index is 12.3. The van der Waals surface area contributed by atoms with Crippen molar-refractivity contribution in [2.45, 2.75) is 68.8 Å². The molecule has 3 amide bonds. The Morgan fingerprint density at radius 3 is 2.64 bits per heavy atom. The van der Waals surface area contributed by atoms with Crippen LogP contribution in [0.15, 0.2) is 35.5 Å². The van der Waals surface area contributed by atoms with Crippen molar-refractivity contribution in [3.8, 4) is 0 Å². The fourth-order valence-corrected chi connectivity index (χ4v) is 4.26. The van der Waals surface area contributed by atoms with Crippen molar-refractivity contribution in [1.82, 2.24) is 20.6 Å². The van der Waals surface area contributed by atoms with Crippen LogP contribution in [0.4, 0.5) is 4.79 Å². The van der Waals surface area contributed by atoms with Crippen molar-refractivity contribution in [2.75, 3.05) is 0 Å². The minimum atomic E-state index is -0.424. The highest BCUT2D eigenvalue weighted by Gasteiger charge is 2.21. The topological polar surface area (TPSA) is 86.9 Å². The molecule has 1 unspecified atom stereocenters. The Kier molecular flexibility index (Phi) is 7.14. The average molecular weight is 401 g/mol. The van der Waals surface area contributed by atoms with Crippen LogP contribution in [-0.2, 0) is 11.2 Å². The third kappa shape index (κ3) is 5.86. The van der Waals surface area contributed by atoms with E-state index in [1.165, 1.54) is 23.7 Å². The first-order valence-electron chi connectivity index (χ1n) is 9.88. The lowest BCUT2D eigenvalue weighted by Crippen LogP contribution is -2.47. The number of imidazole rings is 1. The van der Waals surface area contributed by atoms with Crippen LogP contribution in [0.5, 0.6) is 0 Å². The third-order valence-corrected chi connectivity index (χ3v) is 6.00. The second-order valence-corrected chi connectivity index (χ2v) is 8.66. The quantitative estimate of drug-likeness (QED) is 0.641. The number of aryl methyl sites for hydroxylation is 1. The van der Waals surface area contributed by atoms with Gasteiger partial charge in [-0.2, -0.15) is 0 Å². The number of nitrogens with one attached hydrogen (secondary N) is 3. The van der Waals surface area contributed by atoms with Crippen molar-refractivity contribution < 1.29 is 9.59 Å². The second-order valence-electron chi connectivity index (χ2n) is 7.33.